The van der Waals surface area contributed by atoms with E-state index in [-0.39, 0.29) is 6.79 Å². The second kappa shape index (κ2) is 10.5. The van der Waals surface area contributed by atoms with Gasteiger partial charge in [0.15, 0.2) is 17.3 Å². The van der Waals surface area contributed by atoms with Crippen LogP contribution < -0.4 is 25.5 Å². The molecule has 0 bridgehead atoms. The van der Waals surface area contributed by atoms with Gasteiger partial charge in [0, 0.05) is 36.3 Å². The van der Waals surface area contributed by atoms with Gasteiger partial charge in [0.25, 0.3) is 0 Å². The SMILES string of the molecule is CC(=NNc1cc(NCCc2ccc3c(c2)OCO3)nc(Nc2ccccc2)n1)c1ccncc1. The van der Waals surface area contributed by atoms with Gasteiger partial charge in [-0.15, -0.1) is 0 Å². The fourth-order valence-electron chi connectivity index (χ4n) is 3.53. The summed E-state index contributed by atoms with van der Waals surface area (Å²) in [7, 11) is 0. The Labute approximate surface area is 203 Å². The van der Waals surface area contributed by atoms with Gasteiger partial charge >= 0.3 is 0 Å². The summed E-state index contributed by atoms with van der Waals surface area (Å²) in [5.41, 5.74) is 6.89. The van der Waals surface area contributed by atoms with Gasteiger partial charge in [0.05, 0.1) is 5.71 Å². The average molecular weight is 468 g/mol. The Morgan fingerprint density at radius 3 is 2.57 bits per heavy atom. The van der Waals surface area contributed by atoms with Crippen LogP contribution in [0.3, 0.4) is 0 Å². The second-order valence-corrected chi connectivity index (χ2v) is 7.86. The van der Waals surface area contributed by atoms with E-state index in [9.17, 15) is 0 Å². The summed E-state index contributed by atoms with van der Waals surface area (Å²) >= 11 is 0. The first kappa shape index (κ1) is 22.1. The van der Waals surface area contributed by atoms with Gasteiger partial charge in [-0.2, -0.15) is 15.1 Å². The monoisotopic (exact) mass is 467 g/mol. The smallest absolute Gasteiger partial charge is 0.231 e. The Hall–Kier alpha value is -4.66. The van der Waals surface area contributed by atoms with Crippen molar-refractivity contribution in [1.29, 1.82) is 0 Å². The number of pyridine rings is 1. The molecular weight excluding hydrogens is 442 g/mol. The van der Waals surface area contributed by atoms with Gasteiger partial charge in [-0.3, -0.25) is 10.4 Å². The lowest BCUT2D eigenvalue weighted by atomic mass is 10.1. The summed E-state index contributed by atoms with van der Waals surface area (Å²) in [4.78, 5) is 13.3. The molecule has 2 aromatic carbocycles. The Bertz CT molecular complexity index is 1310. The Kier molecular flexibility index (Phi) is 6.65. The minimum Gasteiger partial charge on any atom is -0.454 e. The van der Waals surface area contributed by atoms with Crippen molar-refractivity contribution >= 4 is 29.0 Å². The van der Waals surface area contributed by atoms with E-state index in [4.69, 9.17) is 9.47 Å². The van der Waals surface area contributed by atoms with Gasteiger partial charge in [-0.25, -0.2) is 0 Å². The quantitative estimate of drug-likeness (QED) is 0.237. The minimum absolute atomic E-state index is 0.272. The van der Waals surface area contributed by atoms with Crippen LogP contribution >= 0.6 is 0 Å². The van der Waals surface area contributed by atoms with Gasteiger partial charge < -0.3 is 20.1 Å². The van der Waals surface area contributed by atoms with E-state index in [0.717, 1.165) is 40.4 Å². The number of para-hydroxylation sites is 1. The third kappa shape index (κ3) is 5.83. The molecular formula is C26H25N7O2. The van der Waals surface area contributed by atoms with Crippen molar-refractivity contribution in [1.82, 2.24) is 15.0 Å². The van der Waals surface area contributed by atoms with Crippen LogP contribution in [0, 0.1) is 0 Å². The van der Waals surface area contributed by atoms with Crippen molar-refractivity contribution in [2.24, 2.45) is 5.10 Å². The van der Waals surface area contributed by atoms with Crippen molar-refractivity contribution in [3.05, 3.63) is 90.3 Å². The molecule has 0 fully saturated rings. The van der Waals surface area contributed by atoms with Crippen LogP contribution in [0.25, 0.3) is 0 Å². The van der Waals surface area contributed by atoms with Crippen LogP contribution in [-0.2, 0) is 6.42 Å². The molecule has 0 saturated heterocycles. The Morgan fingerprint density at radius 1 is 0.914 bits per heavy atom. The summed E-state index contributed by atoms with van der Waals surface area (Å²) in [5, 5.41) is 11.1. The van der Waals surface area contributed by atoms with Crippen LogP contribution in [0.1, 0.15) is 18.1 Å². The molecule has 0 unspecified atom stereocenters. The van der Waals surface area contributed by atoms with E-state index >= 15 is 0 Å². The van der Waals surface area contributed by atoms with Crippen molar-refractivity contribution in [3.63, 3.8) is 0 Å². The lowest BCUT2D eigenvalue weighted by molar-refractivity contribution is 0.174. The lowest BCUT2D eigenvalue weighted by Crippen LogP contribution is -2.10. The van der Waals surface area contributed by atoms with Crippen LogP contribution in [0.5, 0.6) is 11.5 Å². The number of nitrogens with zero attached hydrogens (tertiary/aromatic N) is 4. The fourth-order valence-corrected chi connectivity index (χ4v) is 3.53. The summed E-state index contributed by atoms with van der Waals surface area (Å²) < 4.78 is 10.9. The molecule has 0 aliphatic carbocycles. The molecule has 0 spiro atoms. The van der Waals surface area contributed by atoms with Crippen LogP contribution in [0.15, 0.2) is 84.2 Å². The van der Waals surface area contributed by atoms with Gasteiger partial charge in [-0.1, -0.05) is 24.3 Å². The van der Waals surface area contributed by atoms with Gasteiger partial charge in [0.2, 0.25) is 12.7 Å². The van der Waals surface area contributed by atoms with E-state index < -0.39 is 0 Å². The van der Waals surface area contributed by atoms with Crippen molar-refractivity contribution in [2.45, 2.75) is 13.3 Å². The molecule has 1 aliphatic rings. The number of anilines is 4. The normalized spacial score (nSPS) is 12.3. The molecule has 1 aliphatic heterocycles. The molecule has 4 aromatic rings. The van der Waals surface area contributed by atoms with Crippen LogP contribution in [-0.4, -0.2) is 34.0 Å². The molecule has 0 radical (unpaired) electrons. The first-order chi connectivity index (χ1) is 17.2. The third-order valence-electron chi connectivity index (χ3n) is 5.35. The molecule has 9 heteroatoms. The van der Waals surface area contributed by atoms with E-state index in [2.05, 4.69) is 36.1 Å². The van der Waals surface area contributed by atoms with Crippen molar-refractivity contribution in [3.8, 4) is 11.5 Å². The van der Waals surface area contributed by atoms with Crippen LogP contribution in [0.4, 0.5) is 23.3 Å². The number of nitrogens with one attached hydrogen (secondary N) is 3. The predicted octanol–water partition coefficient (Wildman–Crippen LogP) is 4.83. The molecule has 35 heavy (non-hydrogen) atoms. The maximum absolute atomic E-state index is 5.47. The highest BCUT2D eigenvalue weighted by Gasteiger charge is 2.13. The topological polar surface area (TPSA) is 106 Å². The summed E-state index contributed by atoms with van der Waals surface area (Å²) in [6.45, 7) is 2.88. The first-order valence-corrected chi connectivity index (χ1v) is 11.3. The molecule has 2 aromatic heterocycles. The summed E-state index contributed by atoms with van der Waals surface area (Å²) in [5.74, 6) is 3.28. The zero-order valence-electron chi connectivity index (χ0n) is 19.2. The number of ether oxygens (including phenoxy) is 2. The standard InChI is InChI=1S/C26H25N7O2/c1-18(20-10-12-27-13-11-20)32-33-25-16-24(30-26(31-25)29-21-5-3-2-4-6-21)28-14-9-19-7-8-22-23(15-19)35-17-34-22/h2-8,10-13,15-16H,9,14,17H2,1H3,(H3,28,29,30,31,33). The Balaban J connectivity index is 1.31. The lowest BCUT2D eigenvalue weighted by Gasteiger charge is -2.12. The number of hydrogen-bond acceptors (Lipinski definition) is 9. The van der Waals surface area contributed by atoms with Crippen molar-refractivity contribution < 1.29 is 9.47 Å². The molecule has 176 valence electrons. The van der Waals surface area contributed by atoms with Gasteiger partial charge in [0.1, 0.15) is 5.82 Å². The molecule has 9 nitrogen and oxygen atoms in total. The largest absolute Gasteiger partial charge is 0.454 e. The number of rotatable bonds is 9. The zero-order chi connectivity index (χ0) is 23.9. The maximum Gasteiger partial charge on any atom is 0.231 e. The number of fused-ring (bicyclic) bond motifs is 1. The molecule has 0 atom stereocenters. The van der Waals surface area contributed by atoms with E-state index in [1.807, 2.05) is 73.7 Å². The van der Waals surface area contributed by atoms with E-state index in [1.54, 1.807) is 12.4 Å². The predicted molar refractivity (Wildman–Crippen MR) is 137 cm³/mol. The maximum atomic E-state index is 5.47. The minimum atomic E-state index is 0.272. The van der Waals surface area contributed by atoms with Crippen LogP contribution in [0.2, 0.25) is 0 Å². The average Bonchev–Trinajstić information content (AvgIpc) is 3.36. The first-order valence-electron chi connectivity index (χ1n) is 11.3. The van der Waals surface area contributed by atoms with Crippen molar-refractivity contribution in [2.75, 3.05) is 29.4 Å². The molecule has 0 amide bonds. The highest BCUT2D eigenvalue weighted by Crippen LogP contribution is 2.32. The zero-order valence-corrected chi connectivity index (χ0v) is 19.2. The number of benzene rings is 2. The highest BCUT2D eigenvalue weighted by atomic mass is 16.7. The van der Waals surface area contributed by atoms with Gasteiger partial charge in [-0.05, 0) is 55.3 Å². The molecule has 3 N–H and O–H groups in total. The van der Waals surface area contributed by atoms with E-state index in [1.165, 1.54) is 0 Å². The molecule has 5 rings (SSSR count). The number of aromatic nitrogens is 3. The fraction of sp³-hybridized carbons (Fsp3) is 0.154. The molecule has 3 heterocycles. The second-order valence-electron chi connectivity index (χ2n) is 7.86. The number of hydrogen-bond donors (Lipinski definition) is 3. The summed E-state index contributed by atoms with van der Waals surface area (Å²) in [6, 6.07) is 21.4. The highest BCUT2D eigenvalue weighted by molar-refractivity contribution is 5.98. The molecule has 0 saturated carbocycles. The Morgan fingerprint density at radius 2 is 1.71 bits per heavy atom. The van der Waals surface area contributed by atoms with E-state index in [0.29, 0.717) is 24.1 Å². The third-order valence-corrected chi connectivity index (χ3v) is 5.35. The summed E-state index contributed by atoms with van der Waals surface area (Å²) in [6.07, 6.45) is 4.27. The number of hydrazone groups is 1.